The lowest BCUT2D eigenvalue weighted by Crippen LogP contribution is -2.18. The van der Waals surface area contributed by atoms with Gasteiger partial charge in [0, 0.05) is 51.9 Å². The molecule has 0 radical (unpaired) electrons. The maximum absolute atomic E-state index is 7.13. The summed E-state index contributed by atoms with van der Waals surface area (Å²) in [5.74, 6) is 1.53. The molecular weight excluding hydrogens is 779 g/mol. The van der Waals surface area contributed by atoms with Crippen molar-refractivity contribution in [3.05, 3.63) is 249 Å². The summed E-state index contributed by atoms with van der Waals surface area (Å²) >= 11 is 0. The van der Waals surface area contributed by atoms with E-state index in [0.717, 1.165) is 62.7 Å². The molecule has 4 nitrogen and oxygen atoms in total. The Morgan fingerprint density at radius 3 is 1.16 bits per heavy atom. The van der Waals surface area contributed by atoms with Crippen LogP contribution < -0.4 is 19.4 Å². The van der Waals surface area contributed by atoms with Gasteiger partial charge in [0.1, 0.15) is 0 Å². The van der Waals surface area contributed by atoms with Gasteiger partial charge in [-0.15, -0.1) is 0 Å². The zero-order chi connectivity index (χ0) is 42.4. The van der Waals surface area contributed by atoms with Gasteiger partial charge in [0.25, 0.3) is 0 Å². The standard InChI is InChI=1S/C60H41N3O/c1-6-18-42(19-7-1)43-30-34-54-55(38-43)52-29-17-16-28-51(52)53-35-31-48(39-56(53)54)63-57-36-32-49(61(44-20-8-2-9-21-44)45-22-10-3-11-23-45)40-59(57)64-60-41-50(33-37-58(60)63)62(46-24-12-4-13-25-46)47-26-14-5-15-27-47/h1-41H. The lowest BCUT2D eigenvalue weighted by atomic mass is 9.91. The van der Waals surface area contributed by atoms with Gasteiger partial charge in [-0.25, -0.2) is 0 Å². The van der Waals surface area contributed by atoms with Crippen LogP contribution in [0.4, 0.5) is 51.2 Å². The normalized spacial score (nSPS) is 11.8. The lowest BCUT2D eigenvalue weighted by Gasteiger charge is -2.35. The van der Waals surface area contributed by atoms with E-state index in [0.29, 0.717) is 0 Å². The molecule has 12 rings (SSSR count). The van der Waals surface area contributed by atoms with Gasteiger partial charge in [-0.2, -0.15) is 0 Å². The second kappa shape index (κ2) is 15.7. The van der Waals surface area contributed by atoms with Crippen LogP contribution in [0.1, 0.15) is 0 Å². The number of hydrogen-bond donors (Lipinski definition) is 0. The van der Waals surface area contributed by atoms with Gasteiger partial charge in [0.2, 0.25) is 0 Å². The van der Waals surface area contributed by atoms with Crippen LogP contribution in [0.2, 0.25) is 0 Å². The molecule has 4 heteroatoms. The summed E-state index contributed by atoms with van der Waals surface area (Å²) in [7, 11) is 0. The van der Waals surface area contributed by atoms with E-state index in [-0.39, 0.29) is 0 Å². The van der Waals surface area contributed by atoms with Crippen LogP contribution in [-0.4, -0.2) is 0 Å². The number of ether oxygens (including phenoxy) is 1. The molecule has 302 valence electrons. The molecule has 1 aliphatic rings. The summed E-state index contributed by atoms with van der Waals surface area (Å²) in [5.41, 5.74) is 11.6. The van der Waals surface area contributed by atoms with E-state index >= 15 is 0 Å². The molecule has 0 aliphatic carbocycles. The van der Waals surface area contributed by atoms with Crippen LogP contribution in [0.3, 0.4) is 0 Å². The Kier molecular flexibility index (Phi) is 9.12. The molecular formula is C60H41N3O. The smallest absolute Gasteiger partial charge is 0.153 e. The molecule has 0 aromatic heterocycles. The molecule has 0 unspecified atom stereocenters. The number of hydrogen-bond acceptors (Lipinski definition) is 4. The Hall–Kier alpha value is -8.60. The quantitative estimate of drug-likeness (QED) is 0.142. The predicted octanol–water partition coefficient (Wildman–Crippen LogP) is 17.3. The molecule has 0 fully saturated rings. The number of anilines is 9. The van der Waals surface area contributed by atoms with Crippen molar-refractivity contribution in [2.75, 3.05) is 14.7 Å². The Bertz CT molecular complexity index is 3260. The van der Waals surface area contributed by atoms with Gasteiger partial charge in [0.05, 0.1) is 11.4 Å². The van der Waals surface area contributed by atoms with Crippen molar-refractivity contribution in [1.82, 2.24) is 0 Å². The first-order valence-corrected chi connectivity index (χ1v) is 21.8. The molecule has 0 amide bonds. The molecule has 1 aliphatic heterocycles. The van der Waals surface area contributed by atoms with E-state index in [4.69, 9.17) is 4.74 Å². The van der Waals surface area contributed by atoms with E-state index in [9.17, 15) is 0 Å². The Labute approximate surface area is 372 Å². The third-order valence-electron chi connectivity index (χ3n) is 12.3. The zero-order valence-corrected chi connectivity index (χ0v) is 34.9. The molecule has 0 N–H and O–H groups in total. The zero-order valence-electron chi connectivity index (χ0n) is 34.9. The Balaban J connectivity index is 1.07. The number of fused-ring (bicyclic) bond motifs is 8. The Morgan fingerprint density at radius 1 is 0.266 bits per heavy atom. The largest absolute Gasteiger partial charge is 0.453 e. The average molecular weight is 820 g/mol. The lowest BCUT2D eigenvalue weighted by molar-refractivity contribution is 0.477. The van der Waals surface area contributed by atoms with Gasteiger partial charge in [-0.1, -0.05) is 146 Å². The highest BCUT2D eigenvalue weighted by molar-refractivity contribution is 6.26. The van der Waals surface area contributed by atoms with Crippen LogP contribution >= 0.6 is 0 Å². The molecule has 11 aromatic carbocycles. The maximum atomic E-state index is 7.13. The number of nitrogens with zero attached hydrogens (tertiary/aromatic N) is 3. The van der Waals surface area contributed by atoms with Crippen LogP contribution in [0, 0.1) is 0 Å². The van der Waals surface area contributed by atoms with Gasteiger partial charge in [0.15, 0.2) is 11.5 Å². The van der Waals surface area contributed by atoms with E-state index < -0.39 is 0 Å². The highest BCUT2D eigenvalue weighted by Gasteiger charge is 2.29. The minimum atomic E-state index is 0.765. The van der Waals surface area contributed by atoms with Crippen molar-refractivity contribution < 1.29 is 4.74 Å². The second-order valence-electron chi connectivity index (χ2n) is 16.2. The molecule has 0 atom stereocenters. The monoisotopic (exact) mass is 819 g/mol. The fourth-order valence-electron chi connectivity index (χ4n) is 9.44. The van der Waals surface area contributed by atoms with Crippen LogP contribution in [0.25, 0.3) is 43.4 Å². The predicted molar refractivity (Wildman–Crippen MR) is 269 cm³/mol. The van der Waals surface area contributed by atoms with Gasteiger partial charge in [-0.3, -0.25) is 0 Å². The molecule has 0 bridgehead atoms. The minimum absolute atomic E-state index is 0.765. The summed E-state index contributed by atoms with van der Waals surface area (Å²) in [6.07, 6.45) is 0. The highest BCUT2D eigenvalue weighted by atomic mass is 16.5. The van der Waals surface area contributed by atoms with E-state index in [1.807, 2.05) is 0 Å². The van der Waals surface area contributed by atoms with Crippen molar-refractivity contribution in [2.45, 2.75) is 0 Å². The average Bonchev–Trinajstić information content (AvgIpc) is 3.37. The second-order valence-corrected chi connectivity index (χ2v) is 16.2. The van der Waals surface area contributed by atoms with Crippen molar-refractivity contribution in [1.29, 1.82) is 0 Å². The van der Waals surface area contributed by atoms with E-state index in [1.54, 1.807) is 0 Å². The first kappa shape index (κ1) is 37.2. The Morgan fingerprint density at radius 2 is 0.656 bits per heavy atom. The molecule has 0 saturated heterocycles. The molecule has 11 aromatic rings. The fraction of sp³-hybridized carbons (Fsp3) is 0. The van der Waals surface area contributed by atoms with Crippen LogP contribution in [0.5, 0.6) is 11.5 Å². The summed E-state index contributed by atoms with van der Waals surface area (Å²) in [6.45, 7) is 0. The summed E-state index contributed by atoms with van der Waals surface area (Å²) in [6, 6.07) is 88.6. The highest BCUT2D eigenvalue weighted by Crippen LogP contribution is 2.54. The van der Waals surface area contributed by atoms with Crippen molar-refractivity contribution in [2.24, 2.45) is 0 Å². The molecule has 0 spiro atoms. The van der Waals surface area contributed by atoms with Crippen molar-refractivity contribution >= 4 is 83.5 Å². The van der Waals surface area contributed by atoms with Crippen molar-refractivity contribution in [3.8, 4) is 22.6 Å². The van der Waals surface area contributed by atoms with Gasteiger partial charge >= 0.3 is 0 Å². The van der Waals surface area contributed by atoms with Crippen LogP contribution in [-0.2, 0) is 0 Å². The fourth-order valence-corrected chi connectivity index (χ4v) is 9.44. The number of benzene rings is 11. The molecule has 64 heavy (non-hydrogen) atoms. The van der Waals surface area contributed by atoms with E-state index in [2.05, 4.69) is 263 Å². The number of para-hydroxylation sites is 4. The van der Waals surface area contributed by atoms with Crippen LogP contribution in [0.15, 0.2) is 249 Å². The van der Waals surface area contributed by atoms with Gasteiger partial charge in [-0.05, 0) is 134 Å². The summed E-state index contributed by atoms with van der Waals surface area (Å²) in [5, 5.41) is 7.37. The number of rotatable bonds is 8. The minimum Gasteiger partial charge on any atom is -0.453 e. The SMILES string of the molecule is c1ccc(-c2ccc3c(c2)c2ccccc2c2ccc(N4c5ccc(N(c6ccccc6)c6ccccc6)cc5Oc5cc(N(c6ccccc6)c6ccccc6)ccc54)cc23)cc1. The summed E-state index contributed by atoms with van der Waals surface area (Å²) < 4.78 is 7.13. The summed E-state index contributed by atoms with van der Waals surface area (Å²) in [4.78, 5) is 6.93. The first-order chi connectivity index (χ1) is 31.7. The maximum Gasteiger partial charge on any atom is 0.153 e. The first-order valence-electron chi connectivity index (χ1n) is 21.8. The topological polar surface area (TPSA) is 19.0 Å². The van der Waals surface area contributed by atoms with Crippen molar-refractivity contribution in [3.63, 3.8) is 0 Å². The third-order valence-corrected chi connectivity index (χ3v) is 12.3. The van der Waals surface area contributed by atoms with E-state index in [1.165, 1.54) is 43.4 Å². The van der Waals surface area contributed by atoms with Gasteiger partial charge < -0.3 is 19.4 Å². The third kappa shape index (κ3) is 6.48. The molecule has 0 saturated carbocycles. The molecule has 1 heterocycles.